The van der Waals surface area contributed by atoms with Crippen LogP contribution in [-0.2, 0) is 46.3 Å². The fraction of sp³-hybridized carbons (Fsp3) is 0.161. The predicted octanol–water partition coefficient (Wildman–Crippen LogP) is 3.83. The van der Waals surface area contributed by atoms with Crippen molar-refractivity contribution in [1.82, 2.24) is 19.1 Å². The first-order chi connectivity index (χ1) is 20.7. The van der Waals surface area contributed by atoms with Crippen LogP contribution in [0.15, 0.2) is 103 Å². The molecule has 0 radical (unpaired) electrons. The Morgan fingerprint density at radius 3 is 2.40 bits per heavy atom. The maximum atomic E-state index is 13.3. The Morgan fingerprint density at radius 1 is 1.02 bits per heavy atom. The lowest BCUT2D eigenvalue weighted by Gasteiger charge is -2.31. The van der Waals surface area contributed by atoms with Crippen molar-refractivity contribution in [2.75, 3.05) is 4.90 Å². The second kappa shape index (κ2) is 12.3. The van der Waals surface area contributed by atoms with E-state index in [-0.39, 0.29) is 24.0 Å². The minimum Gasteiger partial charge on any atom is -0.367 e. The van der Waals surface area contributed by atoms with Crippen molar-refractivity contribution >= 4 is 21.7 Å². The highest BCUT2D eigenvalue weighted by Gasteiger charge is 2.33. The van der Waals surface area contributed by atoms with Crippen LogP contribution in [0.4, 0.5) is 5.69 Å². The lowest BCUT2D eigenvalue weighted by molar-refractivity contribution is -0.119. The molecule has 12 heteroatoms. The minimum absolute atomic E-state index is 0.104. The van der Waals surface area contributed by atoms with Gasteiger partial charge in [-0.2, -0.15) is 13.7 Å². The van der Waals surface area contributed by atoms with E-state index in [1.165, 1.54) is 10.8 Å². The summed E-state index contributed by atoms with van der Waals surface area (Å²) in [5, 5.41) is 8.90. The molecular formula is C31H29N7O4S. The van der Waals surface area contributed by atoms with Gasteiger partial charge in [-0.05, 0) is 47.0 Å². The molecule has 0 aliphatic heterocycles. The highest BCUT2D eigenvalue weighted by atomic mass is 32.2. The van der Waals surface area contributed by atoms with Crippen LogP contribution in [0.3, 0.4) is 0 Å². The van der Waals surface area contributed by atoms with Gasteiger partial charge < -0.3 is 19.8 Å². The number of nitrogens with zero attached hydrogens (tertiary/aromatic N) is 6. The van der Waals surface area contributed by atoms with E-state index in [4.69, 9.17) is 9.92 Å². The van der Waals surface area contributed by atoms with Gasteiger partial charge in [0.15, 0.2) is 6.04 Å². The summed E-state index contributed by atoms with van der Waals surface area (Å²) in [7, 11) is -0.904. The molecule has 5 aromatic rings. The number of nitrogens with two attached hydrogens (primary N) is 1. The number of hydrogen-bond donors (Lipinski definition) is 1. The standard InChI is InChI=1S/C31H29N7O4S/c1-36-19-28(43(40,41)42-20-23-7-6-10-25(15-23)24-8-4-3-5-9-24)35-31(36)29(30(33)39)38(18-27-17-34-21-37(27)2)26-13-11-22(16-32)12-14-26/h3-15,17,19,21,29H,18,20H2,1-2H3,(H2,33,39). The van der Waals surface area contributed by atoms with Crippen LogP contribution in [0.5, 0.6) is 0 Å². The molecule has 2 N–H and O–H groups in total. The van der Waals surface area contributed by atoms with Crippen LogP contribution in [0, 0.1) is 11.3 Å². The van der Waals surface area contributed by atoms with Crippen molar-refractivity contribution in [2.24, 2.45) is 19.8 Å². The number of hydrogen-bond acceptors (Lipinski definition) is 8. The van der Waals surface area contributed by atoms with Crippen molar-refractivity contribution < 1.29 is 17.4 Å². The lowest BCUT2D eigenvalue weighted by atomic mass is 10.0. The van der Waals surface area contributed by atoms with Crippen LogP contribution in [0.2, 0.25) is 0 Å². The van der Waals surface area contributed by atoms with E-state index >= 15 is 0 Å². The van der Waals surface area contributed by atoms with Gasteiger partial charge >= 0.3 is 10.1 Å². The van der Waals surface area contributed by atoms with Crippen molar-refractivity contribution in [3.8, 4) is 17.2 Å². The molecule has 1 unspecified atom stereocenters. The van der Waals surface area contributed by atoms with Gasteiger partial charge in [0.2, 0.25) is 10.9 Å². The van der Waals surface area contributed by atoms with E-state index in [9.17, 15) is 18.5 Å². The fourth-order valence-corrected chi connectivity index (χ4v) is 5.60. The Balaban J connectivity index is 1.44. The maximum Gasteiger partial charge on any atom is 0.316 e. The predicted molar refractivity (Wildman–Crippen MR) is 160 cm³/mol. The molecule has 0 spiro atoms. The number of nitriles is 1. The van der Waals surface area contributed by atoms with Gasteiger partial charge in [-0.15, -0.1) is 0 Å². The number of benzene rings is 3. The van der Waals surface area contributed by atoms with Crippen molar-refractivity contribution in [1.29, 1.82) is 5.26 Å². The largest absolute Gasteiger partial charge is 0.367 e. The molecule has 218 valence electrons. The molecule has 0 saturated carbocycles. The van der Waals surface area contributed by atoms with Crippen molar-refractivity contribution in [3.63, 3.8) is 0 Å². The first kappa shape index (κ1) is 29.2. The third kappa shape index (κ3) is 6.48. The lowest BCUT2D eigenvalue weighted by Crippen LogP contribution is -2.39. The average molecular weight is 596 g/mol. The van der Waals surface area contributed by atoms with E-state index in [0.29, 0.717) is 16.8 Å². The number of carbonyl (C=O) groups is 1. The van der Waals surface area contributed by atoms with Gasteiger partial charge in [-0.25, -0.2) is 9.97 Å². The van der Waals surface area contributed by atoms with Gasteiger partial charge in [0.05, 0.1) is 36.8 Å². The van der Waals surface area contributed by atoms with Crippen LogP contribution in [0.25, 0.3) is 11.1 Å². The molecule has 0 saturated heterocycles. The van der Waals surface area contributed by atoms with Gasteiger partial charge in [-0.1, -0.05) is 48.5 Å². The molecule has 2 heterocycles. The smallest absolute Gasteiger partial charge is 0.316 e. The summed E-state index contributed by atoms with van der Waals surface area (Å²) >= 11 is 0. The Bertz CT molecular complexity index is 1890. The zero-order valence-corrected chi connectivity index (χ0v) is 24.3. The van der Waals surface area contributed by atoms with E-state index in [1.807, 2.05) is 55.6 Å². The van der Waals surface area contributed by atoms with E-state index < -0.39 is 22.1 Å². The van der Waals surface area contributed by atoms with Crippen LogP contribution < -0.4 is 10.6 Å². The third-order valence-electron chi connectivity index (χ3n) is 6.96. The Kier molecular flexibility index (Phi) is 8.38. The van der Waals surface area contributed by atoms with Crippen LogP contribution in [0.1, 0.15) is 28.7 Å². The normalized spacial score (nSPS) is 12.0. The summed E-state index contributed by atoms with van der Waals surface area (Å²) in [6.07, 6.45) is 4.58. The number of carbonyl (C=O) groups excluding carboxylic acids is 1. The monoisotopic (exact) mass is 595 g/mol. The molecule has 1 atom stereocenters. The Morgan fingerprint density at radius 2 is 1.74 bits per heavy atom. The summed E-state index contributed by atoms with van der Waals surface area (Å²) in [4.78, 5) is 23.2. The number of rotatable bonds is 11. The zero-order chi connectivity index (χ0) is 30.6. The van der Waals surface area contributed by atoms with Crippen molar-refractivity contribution in [2.45, 2.75) is 24.2 Å². The van der Waals surface area contributed by atoms with Crippen LogP contribution >= 0.6 is 0 Å². The summed E-state index contributed by atoms with van der Waals surface area (Å²) < 4.78 is 35.2. The maximum absolute atomic E-state index is 13.3. The zero-order valence-electron chi connectivity index (χ0n) is 23.5. The molecule has 43 heavy (non-hydrogen) atoms. The topological polar surface area (TPSA) is 149 Å². The average Bonchev–Trinajstić information content (AvgIpc) is 3.61. The number of imidazole rings is 2. The second-order valence-electron chi connectivity index (χ2n) is 9.92. The molecule has 1 amide bonds. The molecule has 0 fully saturated rings. The molecule has 2 aromatic heterocycles. The van der Waals surface area contributed by atoms with E-state index in [0.717, 1.165) is 16.8 Å². The number of aromatic nitrogens is 4. The molecule has 0 aliphatic rings. The number of primary amides is 1. The van der Waals surface area contributed by atoms with Gasteiger partial charge in [-0.3, -0.25) is 8.98 Å². The second-order valence-corrected chi connectivity index (χ2v) is 11.5. The third-order valence-corrected chi connectivity index (χ3v) is 8.10. The Labute approximate surface area is 249 Å². The highest BCUT2D eigenvalue weighted by Crippen LogP contribution is 2.30. The quantitative estimate of drug-likeness (QED) is 0.227. The van der Waals surface area contributed by atoms with Crippen LogP contribution in [-0.4, -0.2) is 33.4 Å². The SMILES string of the molecule is Cn1cncc1CN(c1ccc(C#N)cc1)C(C(N)=O)c1nc(S(=O)(=O)OCc2cccc(-c3ccccc3)c2)cn1C. The molecule has 0 bridgehead atoms. The molecule has 5 rings (SSSR count). The van der Waals surface area contributed by atoms with E-state index in [1.54, 1.807) is 59.4 Å². The molecule has 3 aromatic carbocycles. The first-order valence-corrected chi connectivity index (χ1v) is 14.7. The van der Waals surface area contributed by atoms with E-state index in [2.05, 4.69) is 16.0 Å². The summed E-state index contributed by atoms with van der Waals surface area (Å²) in [5.74, 6) is -0.643. The molecular weight excluding hydrogens is 566 g/mol. The number of aryl methyl sites for hydroxylation is 2. The van der Waals surface area contributed by atoms with Crippen molar-refractivity contribution in [3.05, 3.63) is 120 Å². The number of amides is 1. The number of anilines is 1. The van der Waals surface area contributed by atoms with Gasteiger partial charge in [0, 0.05) is 32.2 Å². The Hall–Kier alpha value is -5.25. The first-order valence-electron chi connectivity index (χ1n) is 13.2. The fourth-order valence-electron chi connectivity index (χ4n) is 4.69. The minimum atomic E-state index is -4.31. The highest BCUT2D eigenvalue weighted by molar-refractivity contribution is 7.86. The molecule has 0 aliphatic carbocycles. The molecule has 11 nitrogen and oxygen atoms in total. The van der Waals surface area contributed by atoms with Gasteiger partial charge in [0.1, 0.15) is 5.82 Å². The summed E-state index contributed by atoms with van der Waals surface area (Å²) in [5.41, 5.74) is 10.3. The summed E-state index contributed by atoms with van der Waals surface area (Å²) in [6, 6.07) is 24.7. The van der Waals surface area contributed by atoms with Gasteiger partial charge in [0.25, 0.3) is 0 Å². The summed E-state index contributed by atoms with van der Waals surface area (Å²) in [6.45, 7) is -0.00871.